The van der Waals surface area contributed by atoms with Gasteiger partial charge in [0.2, 0.25) is 10.0 Å². The Bertz CT molecular complexity index is 790. The number of carbonyl (C=O) groups excluding carboxylic acids is 1. The quantitative estimate of drug-likeness (QED) is 0.633. The molecular weight excluding hydrogens is 342 g/mol. The minimum Gasteiger partial charge on any atom is -0.488 e. The fourth-order valence-corrected chi connectivity index (χ4v) is 2.42. The highest BCUT2D eigenvalue weighted by molar-refractivity contribution is 7.89. The Morgan fingerprint density at radius 2 is 1.70 bits per heavy atom. The van der Waals surface area contributed by atoms with E-state index < -0.39 is 16.0 Å². The largest absolute Gasteiger partial charge is 0.488 e. The molecule has 2 N–H and O–H groups in total. The number of hydrogen-bond acceptors (Lipinski definition) is 5. The van der Waals surface area contributed by atoms with Crippen molar-refractivity contribution in [2.75, 3.05) is 13.2 Å². The molecule has 0 aliphatic heterocycles. The van der Waals surface area contributed by atoms with Crippen LogP contribution < -0.4 is 9.88 Å². The van der Waals surface area contributed by atoms with Crippen molar-refractivity contribution in [3.63, 3.8) is 0 Å². The fraction of sp³-hybridized carbons (Fsp3) is 0.133. The highest BCUT2D eigenvalue weighted by Gasteiger charge is 2.11. The Balaban J connectivity index is 1.84. The number of esters is 1. The van der Waals surface area contributed by atoms with Gasteiger partial charge >= 0.3 is 5.97 Å². The molecule has 0 aliphatic rings. The van der Waals surface area contributed by atoms with Crippen LogP contribution in [0.4, 0.5) is 0 Å². The molecule has 0 heterocycles. The van der Waals surface area contributed by atoms with E-state index >= 15 is 0 Å². The van der Waals surface area contributed by atoms with Crippen molar-refractivity contribution in [2.45, 2.75) is 4.90 Å². The normalized spacial score (nSPS) is 11.0. The van der Waals surface area contributed by atoms with E-state index in [0.29, 0.717) is 10.8 Å². The summed E-state index contributed by atoms with van der Waals surface area (Å²) in [5.74, 6) is -0.0866. The van der Waals surface area contributed by atoms with Gasteiger partial charge in [0, 0.05) is 0 Å². The van der Waals surface area contributed by atoms with Gasteiger partial charge in [0.1, 0.15) is 19.0 Å². The molecular formula is C15H14ClNO5S. The molecule has 8 heteroatoms. The monoisotopic (exact) mass is 355 g/mol. The van der Waals surface area contributed by atoms with Crippen LogP contribution in [0.15, 0.2) is 53.4 Å². The Hall–Kier alpha value is -2.09. The lowest BCUT2D eigenvalue weighted by atomic mass is 10.2. The van der Waals surface area contributed by atoms with Crippen molar-refractivity contribution in [2.24, 2.45) is 5.14 Å². The van der Waals surface area contributed by atoms with Crippen molar-refractivity contribution >= 4 is 27.6 Å². The van der Waals surface area contributed by atoms with E-state index in [9.17, 15) is 13.2 Å². The predicted octanol–water partition coefficient (Wildman–Crippen LogP) is 2.22. The molecule has 6 nitrogen and oxygen atoms in total. The van der Waals surface area contributed by atoms with E-state index in [-0.39, 0.29) is 23.7 Å². The predicted molar refractivity (Wildman–Crippen MR) is 85.0 cm³/mol. The van der Waals surface area contributed by atoms with Gasteiger partial charge in [-0.15, -0.1) is 0 Å². The van der Waals surface area contributed by atoms with E-state index in [0.717, 1.165) is 0 Å². The number of ether oxygens (including phenoxy) is 2. The molecule has 0 spiro atoms. The second-order valence-corrected chi connectivity index (χ2v) is 6.45. The minimum absolute atomic E-state index is 0.0288. The zero-order valence-electron chi connectivity index (χ0n) is 11.9. The number of benzene rings is 2. The summed E-state index contributed by atoms with van der Waals surface area (Å²) >= 11 is 5.92. The number of primary sulfonamides is 1. The van der Waals surface area contributed by atoms with Crippen LogP contribution in [0.1, 0.15) is 10.4 Å². The van der Waals surface area contributed by atoms with Gasteiger partial charge in [0.15, 0.2) is 0 Å². The number of hydrogen-bond donors (Lipinski definition) is 1. The van der Waals surface area contributed by atoms with Crippen LogP contribution in [0.3, 0.4) is 0 Å². The van der Waals surface area contributed by atoms with Crippen LogP contribution in [0.5, 0.6) is 5.75 Å². The summed E-state index contributed by atoms with van der Waals surface area (Å²) in [6.07, 6.45) is 0. The van der Waals surface area contributed by atoms with E-state index in [1.165, 1.54) is 24.3 Å². The molecule has 0 fully saturated rings. The molecule has 0 atom stereocenters. The van der Waals surface area contributed by atoms with Crippen LogP contribution in [0.2, 0.25) is 5.02 Å². The molecule has 0 saturated heterocycles. The van der Waals surface area contributed by atoms with Crippen LogP contribution >= 0.6 is 11.6 Å². The topological polar surface area (TPSA) is 95.7 Å². The fourth-order valence-electron chi connectivity index (χ4n) is 1.71. The molecule has 0 bridgehead atoms. The summed E-state index contributed by atoms with van der Waals surface area (Å²) < 4.78 is 32.7. The number of carbonyl (C=O) groups is 1. The first-order chi connectivity index (χ1) is 10.9. The van der Waals surface area contributed by atoms with Gasteiger partial charge in [0.25, 0.3) is 0 Å². The third kappa shape index (κ3) is 4.95. The molecule has 0 amide bonds. The maximum absolute atomic E-state index is 11.8. The average molecular weight is 356 g/mol. The highest BCUT2D eigenvalue weighted by Crippen LogP contribution is 2.22. The zero-order valence-corrected chi connectivity index (χ0v) is 13.5. The maximum Gasteiger partial charge on any atom is 0.338 e. The molecule has 2 rings (SSSR count). The van der Waals surface area contributed by atoms with Crippen molar-refractivity contribution in [3.05, 3.63) is 59.1 Å². The highest BCUT2D eigenvalue weighted by atomic mass is 35.5. The SMILES string of the molecule is NS(=O)(=O)c1ccc(C(=O)OCCOc2ccccc2Cl)cc1. The van der Waals surface area contributed by atoms with Gasteiger partial charge in [-0.3, -0.25) is 0 Å². The van der Waals surface area contributed by atoms with E-state index in [2.05, 4.69) is 0 Å². The van der Waals surface area contributed by atoms with Gasteiger partial charge in [-0.05, 0) is 36.4 Å². The standard InChI is InChI=1S/C15H14ClNO5S/c16-13-3-1-2-4-14(13)21-9-10-22-15(18)11-5-7-12(8-6-11)23(17,19)20/h1-8H,9-10H2,(H2,17,19,20). The van der Waals surface area contributed by atoms with Crippen LogP contribution in [-0.2, 0) is 14.8 Å². The number of sulfonamides is 1. The maximum atomic E-state index is 11.8. The number of halogens is 1. The summed E-state index contributed by atoms with van der Waals surface area (Å²) in [7, 11) is -3.79. The van der Waals surface area contributed by atoms with Crippen LogP contribution in [0, 0.1) is 0 Å². The number of para-hydroxylation sites is 1. The summed E-state index contributed by atoms with van der Waals surface area (Å²) in [5, 5.41) is 5.45. The second-order valence-electron chi connectivity index (χ2n) is 4.48. The van der Waals surface area contributed by atoms with Crippen molar-refractivity contribution < 1.29 is 22.7 Å². The molecule has 122 valence electrons. The number of nitrogens with two attached hydrogens (primary N) is 1. The lowest BCUT2D eigenvalue weighted by molar-refractivity contribution is 0.0450. The van der Waals surface area contributed by atoms with Gasteiger partial charge in [-0.25, -0.2) is 18.4 Å². The molecule has 0 aliphatic carbocycles. The van der Waals surface area contributed by atoms with Crippen molar-refractivity contribution in [1.82, 2.24) is 0 Å². The van der Waals surface area contributed by atoms with Gasteiger partial charge < -0.3 is 9.47 Å². The summed E-state index contributed by atoms with van der Waals surface area (Å²) in [4.78, 5) is 11.7. The second kappa shape index (κ2) is 7.45. The molecule has 0 aromatic heterocycles. The van der Waals surface area contributed by atoms with Crippen molar-refractivity contribution in [1.29, 1.82) is 0 Å². The Kier molecular flexibility index (Phi) is 5.59. The Morgan fingerprint density at radius 1 is 1.04 bits per heavy atom. The zero-order chi connectivity index (χ0) is 16.9. The summed E-state index contributed by atoms with van der Waals surface area (Å²) in [6.45, 7) is 0.172. The minimum atomic E-state index is -3.79. The first-order valence-electron chi connectivity index (χ1n) is 6.55. The molecule has 2 aromatic carbocycles. The van der Waals surface area contributed by atoms with Crippen LogP contribution in [-0.4, -0.2) is 27.6 Å². The molecule has 2 aromatic rings. The first-order valence-corrected chi connectivity index (χ1v) is 8.47. The summed E-state index contributed by atoms with van der Waals surface area (Å²) in [6, 6.07) is 12.1. The third-order valence-electron chi connectivity index (χ3n) is 2.83. The van der Waals surface area contributed by atoms with Gasteiger partial charge in [0.05, 0.1) is 15.5 Å². The Morgan fingerprint density at radius 3 is 2.30 bits per heavy atom. The average Bonchev–Trinajstić information content (AvgIpc) is 2.52. The van der Waals surface area contributed by atoms with E-state index in [1.54, 1.807) is 24.3 Å². The lowest BCUT2D eigenvalue weighted by Crippen LogP contribution is -2.14. The number of rotatable bonds is 6. The Labute approximate surface area is 138 Å². The lowest BCUT2D eigenvalue weighted by Gasteiger charge is -2.08. The molecule has 0 unspecified atom stereocenters. The molecule has 0 radical (unpaired) electrons. The van der Waals surface area contributed by atoms with Gasteiger partial charge in [-0.1, -0.05) is 23.7 Å². The van der Waals surface area contributed by atoms with Gasteiger partial charge in [-0.2, -0.15) is 0 Å². The molecule has 0 saturated carbocycles. The first kappa shape index (κ1) is 17.3. The smallest absolute Gasteiger partial charge is 0.338 e. The summed E-state index contributed by atoms with van der Waals surface area (Å²) in [5.41, 5.74) is 0.218. The van der Waals surface area contributed by atoms with E-state index in [4.69, 9.17) is 26.2 Å². The van der Waals surface area contributed by atoms with Crippen molar-refractivity contribution in [3.8, 4) is 5.75 Å². The van der Waals surface area contributed by atoms with E-state index in [1.807, 2.05) is 0 Å². The molecule has 23 heavy (non-hydrogen) atoms. The third-order valence-corrected chi connectivity index (χ3v) is 4.07. The van der Waals surface area contributed by atoms with Crippen LogP contribution in [0.25, 0.3) is 0 Å².